The number of rotatable bonds is 6. The van der Waals surface area contributed by atoms with Crippen LogP contribution in [-0.4, -0.2) is 48.4 Å². The monoisotopic (exact) mass is 329 g/mol. The van der Waals surface area contributed by atoms with Crippen LogP contribution in [0.25, 0.3) is 21.8 Å². The van der Waals surface area contributed by atoms with Gasteiger partial charge in [-0.1, -0.05) is 6.07 Å². The molecule has 1 aromatic carbocycles. The first-order chi connectivity index (χ1) is 11.7. The lowest BCUT2D eigenvalue weighted by Gasteiger charge is -2.10. The van der Waals surface area contributed by atoms with Crippen LogP contribution >= 0.6 is 0 Å². The van der Waals surface area contributed by atoms with Crippen molar-refractivity contribution in [3.05, 3.63) is 35.7 Å². The molecule has 0 bridgehead atoms. The van der Waals surface area contributed by atoms with Crippen LogP contribution in [0.4, 0.5) is 0 Å². The number of H-pyrrole nitrogens is 1. The van der Waals surface area contributed by atoms with Crippen LogP contribution in [-0.2, 0) is 11.3 Å². The maximum atomic E-state index is 12.2. The molecule has 7 heteroatoms. The number of ether oxygens (including phenoxy) is 2. The number of carbonyl (C=O) groups is 1. The van der Waals surface area contributed by atoms with E-state index in [0.717, 1.165) is 21.8 Å². The van der Waals surface area contributed by atoms with Crippen molar-refractivity contribution in [2.75, 3.05) is 27.4 Å². The van der Waals surface area contributed by atoms with Gasteiger partial charge < -0.3 is 24.9 Å². The highest BCUT2D eigenvalue weighted by atomic mass is 16.5. The zero-order chi connectivity index (χ0) is 17.1. The molecule has 0 saturated heterocycles. The van der Waals surface area contributed by atoms with Gasteiger partial charge in [0.2, 0.25) is 0 Å². The number of aliphatic hydroxyl groups is 1. The minimum Gasteiger partial charge on any atom is -0.490 e. The van der Waals surface area contributed by atoms with Gasteiger partial charge in [0.25, 0.3) is 5.91 Å². The van der Waals surface area contributed by atoms with Crippen LogP contribution in [0.5, 0.6) is 5.75 Å². The summed E-state index contributed by atoms with van der Waals surface area (Å²) in [7, 11) is 3.14. The number of carbonyl (C=O) groups excluding carboxylic acids is 1. The first kappa shape index (κ1) is 16.2. The molecule has 2 heterocycles. The lowest BCUT2D eigenvalue weighted by molar-refractivity contribution is 0.0953. The molecule has 0 radical (unpaired) electrons. The van der Waals surface area contributed by atoms with Crippen molar-refractivity contribution < 1.29 is 19.4 Å². The number of fused-ring (bicyclic) bond motifs is 3. The molecule has 1 amide bonds. The molecule has 2 aromatic heterocycles. The predicted molar refractivity (Wildman–Crippen MR) is 90.3 cm³/mol. The number of amides is 1. The van der Waals surface area contributed by atoms with Gasteiger partial charge in [0.1, 0.15) is 18.1 Å². The molecular weight excluding hydrogens is 310 g/mol. The van der Waals surface area contributed by atoms with E-state index in [-0.39, 0.29) is 25.7 Å². The van der Waals surface area contributed by atoms with Crippen molar-refractivity contribution in [3.8, 4) is 5.75 Å². The van der Waals surface area contributed by atoms with E-state index in [1.165, 1.54) is 0 Å². The van der Waals surface area contributed by atoms with Crippen LogP contribution in [0.1, 0.15) is 16.1 Å². The third-order valence-corrected chi connectivity index (χ3v) is 3.80. The second-order valence-electron chi connectivity index (χ2n) is 5.26. The van der Waals surface area contributed by atoms with Crippen LogP contribution in [0.15, 0.2) is 24.4 Å². The summed E-state index contributed by atoms with van der Waals surface area (Å²) in [5.41, 5.74) is 2.68. The summed E-state index contributed by atoms with van der Waals surface area (Å²) >= 11 is 0. The van der Waals surface area contributed by atoms with Crippen molar-refractivity contribution in [2.45, 2.75) is 6.61 Å². The van der Waals surface area contributed by atoms with E-state index in [0.29, 0.717) is 17.0 Å². The van der Waals surface area contributed by atoms with Crippen LogP contribution in [0, 0.1) is 0 Å². The van der Waals surface area contributed by atoms with Gasteiger partial charge in [-0.3, -0.25) is 4.79 Å². The number of methoxy groups -OCH3 is 1. The number of hydrogen-bond acceptors (Lipinski definition) is 5. The molecule has 126 valence electrons. The predicted octanol–water partition coefficient (Wildman–Crippen LogP) is 1.59. The van der Waals surface area contributed by atoms with Gasteiger partial charge in [-0.15, -0.1) is 0 Å². The van der Waals surface area contributed by atoms with Crippen molar-refractivity contribution >= 4 is 27.7 Å². The van der Waals surface area contributed by atoms with E-state index in [9.17, 15) is 4.79 Å². The minimum absolute atomic E-state index is 0.0747. The van der Waals surface area contributed by atoms with E-state index < -0.39 is 0 Å². The summed E-state index contributed by atoms with van der Waals surface area (Å²) in [5.74, 6) is 0.367. The maximum absolute atomic E-state index is 12.2. The smallest absolute Gasteiger partial charge is 0.270 e. The number of benzene rings is 1. The highest BCUT2D eigenvalue weighted by molar-refractivity contribution is 6.14. The lowest BCUT2D eigenvalue weighted by Crippen LogP contribution is -2.21. The van der Waals surface area contributed by atoms with Crippen LogP contribution in [0.2, 0.25) is 0 Å². The zero-order valence-corrected chi connectivity index (χ0v) is 13.5. The quantitative estimate of drug-likeness (QED) is 0.638. The van der Waals surface area contributed by atoms with Gasteiger partial charge in [0.15, 0.2) is 0 Å². The summed E-state index contributed by atoms with van der Waals surface area (Å²) in [4.78, 5) is 19.7. The van der Waals surface area contributed by atoms with E-state index >= 15 is 0 Å². The average Bonchev–Trinajstić information content (AvgIpc) is 2.99. The second-order valence-corrected chi connectivity index (χ2v) is 5.26. The van der Waals surface area contributed by atoms with Gasteiger partial charge >= 0.3 is 0 Å². The van der Waals surface area contributed by atoms with Gasteiger partial charge in [0.05, 0.1) is 30.4 Å². The van der Waals surface area contributed by atoms with Crippen molar-refractivity contribution in [2.24, 2.45) is 0 Å². The number of nitrogens with zero attached hydrogens (tertiary/aromatic N) is 1. The Balaban J connectivity index is 2.34. The van der Waals surface area contributed by atoms with Crippen molar-refractivity contribution in [1.82, 2.24) is 15.3 Å². The Bertz CT molecular complexity index is 888. The van der Waals surface area contributed by atoms with Crippen LogP contribution < -0.4 is 10.1 Å². The van der Waals surface area contributed by atoms with Gasteiger partial charge in [0, 0.05) is 30.5 Å². The topological polar surface area (TPSA) is 96.5 Å². The molecule has 0 atom stereocenters. The summed E-state index contributed by atoms with van der Waals surface area (Å²) < 4.78 is 11.0. The fourth-order valence-electron chi connectivity index (χ4n) is 2.85. The molecule has 3 N–H and O–H groups in total. The average molecular weight is 329 g/mol. The number of pyridine rings is 1. The van der Waals surface area contributed by atoms with Crippen molar-refractivity contribution in [3.63, 3.8) is 0 Å². The van der Waals surface area contributed by atoms with E-state index in [2.05, 4.69) is 15.3 Å². The summed E-state index contributed by atoms with van der Waals surface area (Å²) in [5, 5.41) is 13.3. The third kappa shape index (κ3) is 2.68. The summed E-state index contributed by atoms with van der Waals surface area (Å²) in [6, 6.07) is 5.63. The fourth-order valence-corrected chi connectivity index (χ4v) is 2.85. The SMILES string of the molecule is CNC(=O)c1ncc2[nH]c3cccc(OCCO)c3c2c1COC. The number of aliphatic hydroxyl groups excluding tert-OH is 1. The molecule has 3 aromatic rings. The molecule has 0 aliphatic rings. The summed E-state index contributed by atoms with van der Waals surface area (Å²) in [6.07, 6.45) is 1.63. The number of aromatic amines is 1. The molecule has 24 heavy (non-hydrogen) atoms. The molecule has 0 aliphatic carbocycles. The molecule has 0 unspecified atom stereocenters. The fraction of sp³-hybridized carbons (Fsp3) is 0.294. The van der Waals surface area contributed by atoms with Gasteiger partial charge in [-0.25, -0.2) is 4.98 Å². The molecule has 0 spiro atoms. The highest BCUT2D eigenvalue weighted by Crippen LogP contribution is 2.36. The van der Waals surface area contributed by atoms with Crippen molar-refractivity contribution in [1.29, 1.82) is 0 Å². The van der Waals surface area contributed by atoms with Gasteiger partial charge in [-0.05, 0) is 12.1 Å². The molecular formula is C17H19N3O4. The number of aromatic nitrogens is 2. The molecule has 0 saturated carbocycles. The van der Waals surface area contributed by atoms with Crippen LogP contribution in [0.3, 0.4) is 0 Å². The third-order valence-electron chi connectivity index (χ3n) is 3.80. The maximum Gasteiger partial charge on any atom is 0.270 e. The number of hydrogen-bond donors (Lipinski definition) is 3. The molecule has 0 aliphatic heterocycles. The molecule has 0 fully saturated rings. The Morgan fingerprint density at radius 3 is 2.88 bits per heavy atom. The first-order valence-corrected chi connectivity index (χ1v) is 7.58. The Hall–Kier alpha value is -2.64. The van der Waals surface area contributed by atoms with E-state index in [4.69, 9.17) is 14.6 Å². The Morgan fingerprint density at radius 1 is 1.33 bits per heavy atom. The lowest BCUT2D eigenvalue weighted by atomic mass is 10.0. The first-order valence-electron chi connectivity index (χ1n) is 7.58. The van der Waals surface area contributed by atoms with E-state index in [1.807, 2.05) is 18.2 Å². The molecule has 3 rings (SSSR count). The zero-order valence-electron chi connectivity index (χ0n) is 13.5. The summed E-state index contributed by atoms with van der Waals surface area (Å²) in [6.45, 7) is 0.363. The minimum atomic E-state index is -0.271. The normalized spacial score (nSPS) is 11.1. The Labute approximate surface area is 138 Å². The van der Waals surface area contributed by atoms with Gasteiger partial charge in [-0.2, -0.15) is 0 Å². The largest absolute Gasteiger partial charge is 0.490 e. The van der Waals surface area contributed by atoms with E-state index in [1.54, 1.807) is 20.4 Å². The second kappa shape index (κ2) is 6.86. The Morgan fingerprint density at radius 2 is 2.17 bits per heavy atom. The number of nitrogens with one attached hydrogen (secondary N) is 2. The standard InChI is InChI=1S/C17H19N3O4/c1-18-17(22)16-10(9-23-2)14-12(8-19-16)20-11-4-3-5-13(15(11)14)24-7-6-21/h3-5,8,20-21H,6-7,9H2,1-2H3,(H,18,22). The Kier molecular flexibility index (Phi) is 4.64. The molecule has 7 nitrogen and oxygen atoms in total. The highest BCUT2D eigenvalue weighted by Gasteiger charge is 2.20.